The second-order valence-electron chi connectivity index (χ2n) is 7.36. The number of carbonyl (C=O) groups is 2. The number of benzene rings is 1. The fourth-order valence-electron chi connectivity index (χ4n) is 3.11. The molecule has 0 fully saturated rings. The van der Waals surface area contributed by atoms with Crippen molar-refractivity contribution in [2.45, 2.75) is 39.3 Å². The van der Waals surface area contributed by atoms with E-state index in [0.29, 0.717) is 28.8 Å². The van der Waals surface area contributed by atoms with Gasteiger partial charge in [0.15, 0.2) is 0 Å². The number of fused-ring (bicyclic) bond motifs is 1. The lowest BCUT2D eigenvalue weighted by molar-refractivity contribution is -0.125. The van der Waals surface area contributed by atoms with Crippen molar-refractivity contribution >= 4 is 17.7 Å². The van der Waals surface area contributed by atoms with Crippen LogP contribution in [0.25, 0.3) is 11.5 Å². The highest BCUT2D eigenvalue weighted by molar-refractivity contribution is 6.00. The lowest BCUT2D eigenvalue weighted by Crippen LogP contribution is -2.58. The van der Waals surface area contributed by atoms with Crippen LogP contribution in [0.15, 0.2) is 22.6 Å². The third kappa shape index (κ3) is 3.44. The number of ether oxygens (including phenoxy) is 1. The van der Waals surface area contributed by atoms with Crippen LogP contribution in [0.2, 0.25) is 0 Å². The van der Waals surface area contributed by atoms with Crippen molar-refractivity contribution in [1.82, 2.24) is 15.1 Å². The fourth-order valence-corrected chi connectivity index (χ4v) is 3.11. The zero-order chi connectivity index (χ0) is 19.9. The third-order valence-corrected chi connectivity index (χ3v) is 4.35. The Kier molecular flexibility index (Phi) is 4.54. The highest BCUT2D eigenvalue weighted by atomic mass is 16.5. The quantitative estimate of drug-likeness (QED) is 0.860. The van der Waals surface area contributed by atoms with E-state index >= 15 is 0 Å². The maximum atomic E-state index is 13.0. The molecule has 1 aliphatic rings. The molecule has 1 atom stereocenters. The molecule has 144 valence electrons. The highest BCUT2D eigenvalue weighted by Gasteiger charge is 2.41. The highest BCUT2D eigenvalue weighted by Crippen LogP contribution is 2.36. The molecular formula is C18H22N4O5. The second-order valence-corrected chi connectivity index (χ2v) is 7.36. The summed E-state index contributed by atoms with van der Waals surface area (Å²) in [5, 5.41) is 17.4. The number of likely N-dealkylation sites (N-methyl/N-ethyl adjacent to an activating group) is 1. The fraction of sp³-hybridized carbons (Fsp3) is 0.444. The Bertz CT molecular complexity index is 886. The van der Waals surface area contributed by atoms with Crippen molar-refractivity contribution < 1.29 is 23.8 Å². The molecular weight excluding hydrogens is 352 g/mol. The van der Waals surface area contributed by atoms with Gasteiger partial charge in [-0.3, -0.25) is 9.69 Å². The standard InChI is InChI=1S/C18H22N4O5/c1-10-19-20-15(27-10)11-6-7-12-14(8-11)26-9-13(16(23)21(12)5)22(17(24)25)18(2,3)4/h6-8,13H,9H2,1-5H3,(H,24,25)/t13-/m0/s1. The monoisotopic (exact) mass is 374 g/mol. The topological polar surface area (TPSA) is 109 Å². The lowest BCUT2D eigenvalue weighted by atomic mass is 10.0. The molecule has 9 heteroatoms. The smallest absolute Gasteiger partial charge is 0.408 e. The molecule has 1 N–H and O–H groups in total. The zero-order valence-electron chi connectivity index (χ0n) is 15.9. The number of aryl methyl sites for hydroxylation is 1. The minimum absolute atomic E-state index is 0.0912. The molecule has 2 aromatic rings. The van der Waals surface area contributed by atoms with Gasteiger partial charge < -0.3 is 19.2 Å². The first kappa shape index (κ1) is 18.7. The van der Waals surface area contributed by atoms with E-state index in [1.807, 2.05) is 0 Å². The number of aromatic nitrogens is 2. The number of anilines is 1. The molecule has 9 nitrogen and oxygen atoms in total. The molecule has 27 heavy (non-hydrogen) atoms. The van der Waals surface area contributed by atoms with Crippen LogP contribution in [-0.2, 0) is 4.79 Å². The van der Waals surface area contributed by atoms with E-state index in [1.54, 1.807) is 52.9 Å². The molecule has 0 saturated heterocycles. The van der Waals surface area contributed by atoms with Crippen molar-refractivity contribution in [3.8, 4) is 17.2 Å². The Morgan fingerprint density at radius 2 is 2.04 bits per heavy atom. The van der Waals surface area contributed by atoms with Crippen molar-refractivity contribution in [2.75, 3.05) is 18.6 Å². The number of carboxylic acid groups (broad SMARTS) is 1. The first-order valence-corrected chi connectivity index (χ1v) is 8.46. The van der Waals surface area contributed by atoms with Gasteiger partial charge in [0.25, 0.3) is 5.91 Å². The number of rotatable bonds is 2. The average molecular weight is 374 g/mol. The van der Waals surface area contributed by atoms with Crippen LogP contribution in [0.5, 0.6) is 5.75 Å². The molecule has 0 unspecified atom stereocenters. The van der Waals surface area contributed by atoms with Crippen molar-refractivity contribution in [3.63, 3.8) is 0 Å². The van der Waals surface area contributed by atoms with Gasteiger partial charge >= 0.3 is 6.09 Å². The minimum atomic E-state index is -1.18. The van der Waals surface area contributed by atoms with Gasteiger partial charge in [0.2, 0.25) is 11.8 Å². The summed E-state index contributed by atoms with van der Waals surface area (Å²) in [4.78, 5) is 27.3. The van der Waals surface area contributed by atoms with E-state index < -0.39 is 17.7 Å². The van der Waals surface area contributed by atoms with Gasteiger partial charge in [-0.1, -0.05) is 0 Å². The van der Waals surface area contributed by atoms with E-state index in [0.717, 1.165) is 4.90 Å². The van der Waals surface area contributed by atoms with Crippen LogP contribution < -0.4 is 9.64 Å². The Morgan fingerprint density at radius 3 is 2.59 bits per heavy atom. The maximum absolute atomic E-state index is 13.0. The summed E-state index contributed by atoms with van der Waals surface area (Å²) in [7, 11) is 1.60. The predicted octanol–water partition coefficient (Wildman–Crippen LogP) is 2.55. The van der Waals surface area contributed by atoms with Gasteiger partial charge in [-0.25, -0.2) is 4.79 Å². The zero-order valence-corrected chi connectivity index (χ0v) is 15.9. The number of amides is 2. The normalized spacial score (nSPS) is 17.1. The molecule has 1 aromatic heterocycles. The van der Waals surface area contributed by atoms with Crippen LogP contribution in [0.3, 0.4) is 0 Å². The SMILES string of the molecule is Cc1nnc(-c2ccc3c(c2)OC[C@H](N(C(=O)O)C(C)(C)C)C(=O)N3C)o1. The van der Waals surface area contributed by atoms with E-state index in [2.05, 4.69) is 10.2 Å². The van der Waals surface area contributed by atoms with Gasteiger partial charge in [-0.2, -0.15) is 0 Å². The molecule has 0 spiro atoms. The van der Waals surface area contributed by atoms with Crippen molar-refractivity contribution in [3.05, 3.63) is 24.1 Å². The number of nitrogens with zero attached hydrogens (tertiary/aromatic N) is 4. The van der Waals surface area contributed by atoms with Crippen LogP contribution in [0.1, 0.15) is 26.7 Å². The predicted molar refractivity (Wildman–Crippen MR) is 96.8 cm³/mol. The first-order chi connectivity index (χ1) is 12.6. The second kappa shape index (κ2) is 6.57. The van der Waals surface area contributed by atoms with Gasteiger partial charge in [0, 0.05) is 25.1 Å². The Hall–Kier alpha value is -3.10. The van der Waals surface area contributed by atoms with E-state index in [1.165, 1.54) is 4.90 Å². The third-order valence-electron chi connectivity index (χ3n) is 4.35. The summed E-state index contributed by atoms with van der Waals surface area (Å²) in [5.41, 5.74) is 0.431. The Balaban J connectivity index is 1.98. The summed E-state index contributed by atoms with van der Waals surface area (Å²) in [6.07, 6.45) is -1.18. The van der Waals surface area contributed by atoms with E-state index in [9.17, 15) is 14.7 Å². The number of hydrogen-bond acceptors (Lipinski definition) is 6. The molecule has 0 radical (unpaired) electrons. The average Bonchev–Trinajstić information content (AvgIpc) is 2.97. The Labute approximate surface area is 156 Å². The summed E-state index contributed by atoms with van der Waals surface area (Å²) in [6.45, 7) is 6.82. The molecule has 1 aromatic carbocycles. The minimum Gasteiger partial charge on any atom is -0.489 e. The van der Waals surface area contributed by atoms with Crippen molar-refractivity contribution in [1.29, 1.82) is 0 Å². The molecule has 2 amide bonds. The molecule has 0 aliphatic carbocycles. The Morgan fingerprint density at radius 1 is 1.33 bits per heavy atom. The van der Waals surface area contributed by atoms with Gasteiger partial charge in [0.1, 0.15) is 18.4 Å². The summed E-state index contributed by atoms with van der Waals surface area (Å²) >= 11 is 0. The van der Waals surface area contributed by atoms with Crippen LogP contribution in [0.4, 0.5) is 10.5 Å². The van der Waals surface area contributed by atoms with Crippen LogP contribution in [0, 0.1) is 6.92 Å². The number of carbonyl (C=O) groups excluding carboxylic acids is 1. The summed E-state index contributed by atoms with van der Waals surface area (Å²) < 4.78 is 11.3. The maximum Gasteiger partial charge on any atom is 0.408 e. The lowest BCUT2D eigenvalue weighted by Gasteiger charge is -2.38. The van der Waals surface area contributed by atoms with Crippen LogP contribution >= 0.6 is 0 Å². The molecule has 0 bridgehead atoms. The van der Waals surface area contributed by atoms with Crippen LogP contribution in [-0.4, -0.2) is 57.4 Å². The van der Waals surface area contributed by atoms with Gasteiger partial charge in [-0.15, -0.1) is 10.2 Å². The van der Waals surface area contributed by atoms with E-state index in [-0.39, 0.29) is 12.5 Å². The molecule has 0 saturated carbocycles. The molecule has 2 heterocycles. The first-order valence-electron chi connectivity index (χ1n) is 8.46. The van der Waals surface area contributed by atoms with Gasteiger partial charge in [-0.05, 0) is 39.0 Å². The number of hydrogen-bond donors (Lipinski definition) is 1. The van der Waals surface area contributed by atoms with Crippen molar-refractivity contribution in [2.24, 2.45) is 0 Å². The summed E-state index contributed by atoms with van der Waals surface area (Å²) in [6, 6.07) is 4.20. The van der Waals surface area contributed by atoms with Gasteiger partial charge in [0.05, 0.1) is 5.69 Å². The summed E-state index contributed by atoms with van der Waals surface area (Å²) in [5.74, 6) is 0.874. The molecule has 1 aliphatic heterocycles. The van der Waals surface area contributed by atoms with E-state index in [4.69, 9.17) is 9.15 Å². The molecule has 3 rings (SSSR count). The largest absolute Gasteiger partial charge is 0.489 e.